The number of piperidine rings is 1. The lowest BCUT2D eigenvalue weighted by atomic mass is 9.95. The van der Waals surface area contributed by atoms with Crippen LogP contribution in [0.4, 0.5) is 0 Å². The zero-order valence-electron chi connectivity index (χ0n) is 14.7. The van der Waals surface area contributed by atoms with Crippen molar-refractivity contribution in [3.05, 3.63) is 29.8 Å². The van der Waals surface area contributed by atoms with E-state index in [4.69, 9.17) is 9.47 Å². The summed E-state index contributed by atoms with van der Waals surface area (Å²) in [6, 6.07) is 7.14. The first-order valence-corrected chi connectivity index (χ1v) is 9.00. The molecule has 0 saturated carbocycles. The molecule has 136 valence electrons. The summed E-state index contributed by atoms with van der Waals surface area (Å²) in [7, 11) is 1.60. The number of amides is 2. The standard InChI is InChI=1S/C19H26N2O4/c1-24-16-6-4-15(5-7-16)19(23)21-10-8-14(9-11-21)18(22)20-13-17-3-2-12-25-17/h4-7,14,17H,2-3,8-13H2,1H3,(H,20,22)/t17-/m1/s1. The van der Waals surface area contributed by atoms with Crippen molar-refractivity contribution < 1.29 is 19.1 Å². The molecule has 2 fully saturated rings. The van der Waals surface area contributed by atoms with Crippen LogP contribution in [0, 0.1) is 5.92 Å². The second-order valence-corrected chi connectivity index (χ2v) is 6.68. The van der Waals surface area contributed by atoms with Crippen LogP contribution in [0.2, 0.25) is 0 Å². The average molecular weight is 346 g/mol. The molecule has 0 radical (unpaired) electrons. The van der Waals surface area contributed by atoms with Crippen LogP contribution in [-0.4, -0.2) is 56.2 Å². The molecular weight excluding hydrogens is 320 g/mol. The van der Waals surface area contributed by atoms with Crippen LogP contribution >= 0.6 is 0 Å². The van der Waals surface area contributed by atoms with Crippen molar-refractivity contribution in [2.75, 3.05) is 33.4 Å². The fourth-order valence-electron chi connectivity index (χ4n) is 3.43. The van der Waals surface area contributed by atoms with Gasteiger partial charge in [-0.25, -0.2) is 0 Å². The Labute approximate surface area is 148 Å². The van der Waals surface area contributed by atoms with Crippen LogP contribution in [0.3, 0.4) is 0 Å². The number of nitrogens with one attached hydrogen (secondary N) is 1. The highest BCUT2D eigenvalue weighted by Gasteiger charge is 2.28. The molecule has 6 heteroatoms. The summed E-state index contributed by atoms with van der Waals surface area (Å²) in [5, 5.41) is 3.00. The number of nitrogens with zero attached hydrogens (tertiary/aromatic N) is 1. The predicted molar refractivity (Wildman–Crippen MR) is 93.6 cm³/mol. The van der Waals surface area contributed by atoms with Crippen LogP contribution in [0.1, 0.15) is 36.0 Å². The van der Waals surface area contributed by atoms with Crippen molar-refractivity contribution in [3.8, 4) is 5.75 Å². The van der Waals surface area contributed by atoms with Gasteiger partial charge >= 0.3 is 0 Å². The lowest BCUT2D eigenvalue weighted by molar-refractivity contribution is -0.126. The molecule has 1 aromatic rings. The normalized spacial score (nSPS) is 21.2. The van der Waals surface area contributed by atoms with E-state index in [0.717, 1.165) is 25.2 Å². The van der Waals surface area contributed by atoms with Gasteiger partial charge in [0.1, 0.15) is 5.75 Å². The average Bonchev–Trinajstić information content (AvgIpc) is 3.19. The summed E-state index contributed by atoms with van der Waals surface area (Å²) in [4.78, 5) is 26.7. The van der Waals surface area contributed by atoms with E-state index in [1.807, 2.05) is 4.90 Å². The Morgan fingerprint density at radius 3 is 2.52 bits per heavy atom. The first kappa shape index (κ1) is 17.7. The van der Waals surface area contributed by atoms with Gasteiger partial charge in [-0.15, -0.1) is 0 Å². The molecule has 25 heavy (non-hydrogen) atoms. The lowest BCUT2D eigenvalue weighted by Gasteiger charge is -2.31. The molecule has 2 aliphatic heterocycles. The van der Waals surface area contributed by atoms with Gasteiger partial charge in [0.15, 0.2) is 0 Å². The quantitative estimate of drug-likeness (QED) is 0.883. The molecule has 0 aromatic heterocycles. The third-order valence-electron chi connectivity index (χ3n) is 5.02. The highest BCUT2D eigenvalue weighted by atomic mass is 16.5. The fraction of sp³-hybridized carbons (Fsp3) is 0.579. The minimum atomic E-state index is -0.0127. The highest BCUT2D eigenvalue weighted by Crippen LogP contribution is 2.21. The molecule has 1 aromatic carbocycles. The van der Waals surface area contributed by atoms with Gasteiger partial charge in [-0.1, -0.05) is 0 Å². The van der Waals surface area contributed by atoms with Gasteiger partial charge in [-0.05, 0) is 49.9 Å². The van der Waals surface area contributed by atoms with Crippen LogP contribution in [0.25, 0.3) is 0 Å². The molecule has 2 heterocycles. The van der Waals surface area contributed by atoms with Crippen LogP contribution < -0.4 is 10.1 Å². The van der Waals surface area contributed by atoms with Crippen molar-refractivity contribution in [1.82, 2.24) is 10.2 Å². The number of hydrogen-bond donors (Lipinski definition) is 1. The number of likely N-dealkylation sites (tertiary alicyclic amines) is 1. The number of hydrogen-bond acceptors (Lipinski definition) is 4. The number of methoxy groups -OCH3 is 1. The van der Waals surface area contributed by atoms with Gasteiger partial charge in [0.05, 0.1) is 13.2 Å². The van der Waals surface area contributed by atoms with Crippen LogP contribution in [-0.2, 0) is 9.53 Å². The van der Waals surface area contributed by atoms with Gasteiger partial charge in [-0.3, -0.25) is 9.59 Å². The Bertz CT molecular complexity index is 588. The van der Waals surface area contributed by atoms with Gasteiger partial charge in [0.25, 0.3) is 5.91 Å². The van der Waals surface area contributed by atoms with E-state index in [-0.39, 0.29) is 23.8 Å². The molecule has 0 spiro atoms. The van der Waals surface area contributed by atoms with E-state index in [2.05, 4.69) is 5.32 Å². The first-order valence-electron chi connectivity index (χ1n) is 9.00. The maximum Gasteiger partial charge on any atom is 0.253 e. The van der Waals surface area contributed by atoms with Crippen LogP contribution in [0.15, 0.2) is 24.3 Å². The van der Waals surface area contributed by atoms with Crippen molar-refractivity contribution in [3.63, 3.8) is 0 Å². The minimum absolute atomic E-state index is 0.0127. The highest BCUT2D eigenvalue weighted by molar-refractivity contribution is 5.94. The van der Waals surface area contributed by atoms with Gasteiger partial charge < -0.3 is 19.7 Å². The summed E-state index contributed by atoms with van der Waals surface area (Å²) < 4.78 is 10.6. The fourth-order valence-corrected chi connectivity index (χ4v) is 3.43. The first-order chi connectivity index (χ1) is 12.2. The van der Waals surface area contributed by atoms with Gasteiger partial charge in [-0.2, -0.15) is 0 Å². The summed E-state index contributed by atoms with van der Waals surface area (Å²) in [6.45, 7) is 2.63. The Kier molecular flexibility index (Phi) is 5.91. The number of ether oxygens (including phenoxy) is 2. The Morgan fingerprint density at radius 1 is 1.20 bits per heavy atom. The van der Waals surface area contributed by atoms with Crippen molar-refractivity contribution >= 4 is 11.8 Å². The molecular formula is C19H26N2O4. The van der Waals surface area contributed by atoms with E-state index >= 15 is 0 Å². The third kappa shape index (κ3) is 4.51. The maximum absolute atomic E-state index is 12.5. The van der Waals surface area contributed by atoms with Crippen molar-refractivity contribution in [1.29, 1.82) is 0 Å². The molecule has 1 atom stereocenters. The molecule has 2 saturated heterocycles. The largest absolute Gasteiger partial charge is 0.497 e. The van der Waals surface area contributed by atoms with E-state index in [0.29, 0.717) is 38.0 Å². The molecule has 2 amide bonds. The van der Waals surface area contributed by atoms with Crippen molar-refractivity contribution in [2.45, 2.75) is 31.8 Å². The maximum atomic E-state index is 12.5. The molecule has 3 rings (SSSR count). The van der Waals surface area contributed by atoms with Gasteiger partial charge in [0, 0.05) is 37.7 Å². The summed E-state index contributed by atoms with van der Waals surface area (Å²) in [5.41, 5.74) is 0.655. The second kappa shape index (κ2) is 8.34. The molecule has 2 aliphatic rings. The van der Waals surface area contributed by atoms with Crippen molar-refractivity contribution in [2.24, 2.45) is 5.92 Å². The van der Waals surface area contributed by atoms with E-state index in [1.54, 1.807) is 31.4 Å². The summed E-state index contributed by atoms with van der Waals surface area (Å²) >= 11 is 0. The zero-order chi connectivity index (χ0) is 17.6. The Morgan fingerprint density at radius 2 is 1.92 bits per heavy atom. The number of rotatable bonds is 5. The summed E-state index contributed by atoms with van der Waals surface area (Å²) in [6.07, 6.45) is 3.68. The van der Waals surface area contributed by atoms with Gasteiger partial charge in [0.2, 0.25) is 5.91 Å². The molecule has 0 bridgehead atoms. The molecule has 0 unspecified atom stereocenters. The monoisotopic (exact) mass is 346 g/mol. The van der Waals surface area contributed by atoms with E-state index < -0.39 is 0 Å². The second-order valence-electron chi connectivity index (χ2n) is 6.68. The molecule has 6 nitrogen and oxygen atoms in total. The lowest BCUT2D eigenvalue weighted by Crippen LogP contribution is -2.44. The predicted octanol–water partition coefficient (Wildman–Crippen LogP) is 1.84. The Hall–Kier alpha value is -2.08. The SMILES string of the molecule is COc1ccc(C(=O)N2CCC(C(=O)NC[C@H]3CCCO3)CC2)cc1. The number of benzene rings is 1. The van der Waals surface area contributed by atoms with Crippen LogP contribution in [0.5, 0.6) is 5.75 Å². The molecule has 1 N–H and O–H groups in total. The minimum Gasteiger partial charge on any atom is -0.497 e. The third-order valence-corrected chi connectivity index (χ3v) is 5.02. The zero-order valence-corrected chi connectivity index (χ0v) is 14.7. The van der Waals surface area contributed by atoms with E-state index in [1.165, 1.54) is 0 Å². The Balaban J connectivity index is 1.45. The van der Waals surface area contributed by atoms with E-state index in [9.17, 15) is 9.59 Å². The topological polar surface area (TPSA) is 67.9 Å². The summed E-state index contributed by atoms with van der Waals surface area (Å²) in [5.74, 6) is 0.826. The number of carbonyl (C=O) groups excluding carboxylic acids is 2. The molecule has 0 aliphatic carbocycles. The number of carbonyl (C=O) groups is 2. The smallest absolute Gasteiger partial charge is 0.253 e.